The summed E-state index contributed by atoms with van der Waals surface area (Å²) in [5.74, 6) is 1.02. The lowest BCUT2D eigenvalue weighted by Gasteiger charge is -2.40. The number of aromatic nitrogens is 1. The molecule has 1 aliphatic heterocycles. The molecule has 2 aromatic rings. The van der Waals surface area contributed by atoms with E-state index < -0.39 is 11.7 Å². The number of hydrogen-bond donors (Lipinski definition) is 2. The zero-order chi connectivity index (χ0) is 21.6. The Kier molecular flexibility index (Phi) is 9.67. The number of guanidine groups is 1. The van der Waals surface area contributed by atoms with Gasteiger partial charge < -0.3 is 15.2 Å². The van der Waals surface area contributed by atoms with Gasteiger partial charge in [0.1, 0.15) is 0 Å². The first kappa shape index (κ1) is 25.5. The maximum Gasteiger partial charge on any atom is 0.416 e. The topological polar surface area (TPSA) is 44.6 Å². The van der Waals surface area contributed by atoms with Crippen LogP contribution >= 0.6 is 24.0 Å². The standard InChI is InChI=1S/C22H30F3N5.HI/c1-26-21(27-11-15-30-13-3-4-14-30)28-16-18-6-5-12-29(2)20(18)17-7-9-19(10-8-17)22(23,24)25;/h3-4,7-10,13-14,18,20H,5-6,11-12,15-16H2,1-2H3,(H2,26,27,28);1H. The predicted octanol–water partition coefficient (Wildman–Crippen LogP) is 4.37. The molecule has 0 aliphatic carbocycles. The van der Waals surface area contributed by atoms with E-state index in [0.717, 1.165) is 44.0 Å². The van der Waals surface area contributed by atoms with Crippen LogP contribution in [0.4, 0.5) is 13.2 Å². The van der Waals surface area contributed by atoms with Gasteiger partial charge in [0.15, 0.2) is 5.96 Å². The molecular weight excluding hydrogens is 518 g/mol. The first-order chi connectivity index (χ1) is 14.4. The van der Waals surface area contributed by atoms with Gasteiger partial charge in [-0.1, -0.05) is 12.1 Å². The highest BCUT2D eigenvalue weighted by Gasteiger charge is 2.33. The molecule has 2 unspecified atom stereocenters. The summed E-state index contributed by atoms with van der Waals surface area (Å²) < 4.78 is 40.8. The molecule has 0 spiro atoms. The molecule has 5 nitrogen and oxygen atoms in total. The minimum Gasteiger partial charge on any atom is -0.356 e. The highest BCUT2D eigenvalue weighted by Crippen LogP contribution is 2.36. The number of rotatable bonds is 6. The maximum absolute atomic E-state index is 12.9. The lowest BCUT2D eigenvalue weighted by atomic mass is 9.84. The molecule has 1 aliphatic rings. The Morgan fingerprint density at radius 1 is 1.13 bits per heavy atom. The fraction of sp³-hybridized carbons (Fsp3) is 0.500. The molecule has 172 valence electrons. The molecule has 1 aromatic heterocycles. The van der Waals surface area contributed by atoms with Crippen molar-refractivity contribution in [2.24, 2.45) is 10.9 Å². The van der Waals surface area contributed by atoms with Gasteiger partial charge in [-0.2, -0.15) is 13.2 Å². The van der Waals surface area contributed by atoms with Gasteiger partial charge in [0.25, 0.3) is 0 Å². The summed E-state index contributed by atoms with van der Waals surface area (Å²) in [6.07, 6.45) is 1.81. The predicted molar refractivity (Wildman–Crippen MR) is 129 cm³/mol. The quantitative estimate of drug-likeness (QED) is 0.320. The lowest BCUT2D eigenvalue weighted by Crippen LogP contribution is -2.45. The van der Waals surface area contributed by atoms with Crippen molar-refractivity contribution in [3.8, 4) is 0 Å². The van der Waals surface area contributed by atoms with Crippen molar-refractivity contribution in [2.45, 2.75) is 31.6 Å². The van der Waals surface area contributed by atoms with Gasteiger partial charge in [0.05, 0.1) is 5.56 Å². The van der Waals surface area contributed by atoms with E-state index in [2.05, 4.69) is 25.1 Å². The lowest BCUT2D eigenvalue weighted by molar-refractivity contribution is -0.137. The Labute approximate surface area is 199 Å². The summed E-state index contributed by atoms with van der Waals surface area (Å²) in [5.41, 5.74) is 0.319. The Hall–Kier alpha value is -1.75. The van der Waals surface area contributed by atoms with Crippen molar-refractivity contribution in [3.63, 3.8) is 0 Å². The number of piperidine rings is 1. The SMILES string of the molecule is CN=C(NCCn1cccc1)NCC1CCCN(C)C1c1ccc(C(F)(F)F)cc1.I. The van der Waals surface area contributed by atoms with E-state index in [4.69, 9.17) is 0 Å². The smallest absolute Gasteiger partial charge is 0.356 e. The molecule has 0 radical (unpaired) electrons. The van der Waals surface area contributed by atoms with Crippen LogP contribution in [0, 0.1) is 5.92 Å². The van der Waals surface area contributed by atoms with Crippen molar-refractivity contribution in [3.05, 3.63) is 59.9 Å². The first-order valence-electron chi connectivity index (χ1n) is 10.3. The van der Waals surface area contributed by atoms with Crippen LogP contribution in [0.5, 0.6) is 0 Å². The maximum atomic E-state index is 12.9. The average molecular weight is 549 g/mol. The van der Waals surface area contributed by atoms with Gasteiger partial charge >= 0.3 is 6.18 Å². The van der Waals surface area contributed by atoms with Crippen molar-refractivity contribution in [1.29, 1.82) is 0 Å². The summed E-state index contributed by atoms with van der Waals surface area (Å²) in [6, 6.07) is 9.67. The number of alkyl halides is 3. The highest BCUT2D eigenvalue weighted by molar-refractivity contribution is 14.0. The molecule has 31 heavy (non-hydrogen) atoms. The first-order valence-corrected chi connectivity index (χ1v) is 10.3. The van der Waals surface area contributed by atoms with Crippen LogP contribution in [0.15, 0.2) is 53.8 Å². The Bertz CT molecular complexity index is 806. The summed E-state index contributed by atoms with van der Waals surface area (Å²) in [6.45, 7) is 3.24. The zero-order valence-corrected chi connectivity index (χ0v) is 20.2. The summed E-state index contributed by atoms with van der Waals surface area (Å²) in [4.78, 5) is 6.53. The summed E-state index contributed by atoms with van der Waals surface area (Å²) in [5, 5.41) is 6.71. The van der Waals surface area contributed by atoms with E-state index >= 15 is 0 Å². The van der Waals surface area contributed by atoms with E-state index in [-0.39, 0.29) is 35.9 Å². The molecule has 0 bridgehead atoms. The van der Waals surface area contributed by atoms with Crippen LogP contribution in [0.1, 0.15) is 30.0 Å². The second-order valence-electron chi connectivity index (χ2n) is 7.75. The molecule has 1 fully saturated rings. The Morgan fingerprint density at radius 2 is 1.81 bits per heavy atom. The normalized spacial score (nSPS) is 20.2. The van der Waals surface area contributed by atoms with Crippen LogP contribution in [0.25, 0.3) is 0 Å². The van der Waals surface area contributed by atoms with Gasteiger partial charge in [-0.05, 0) is 62.2 Å². The summed E-state index contributed by atoms with van der Waals surface area (Å²) in [7, 11) is 3.78. The second kappa shape index (κ2) is 11.8. The Balaban J connectivity index is 0.00000341. The molecule has 0 saturated carbocycles. The fourth-order valence-corrected chi connectivity index (χ4v) is 4.14. The van der Waals surface area contributed by atoms with Crippen LogP contribution < -0.4 is 10.6 Å². The third-order valence-corrected chi connectivity index (χ3v) is 5.67. The summed E-state index contributed by atoms with van der Waals surface area (Å²) >= 11 is 0. The molecule has 2 N–H and O–H groups in total. The fourth-order valence-electron chi connectivity index (χ4n) is 4.14. The molecule has 1 aromatic carbocycles. The zero-order valence-electron chi connectivity index (χ0n) is 17.9. The number of nitrogens with zero attached hydrogens (tertiary/aromatic N) is 3. The average Bonchev–Trinajstić information content (AvgIpc) is 3.23. The third kappa shape index (κ3) is 7.13. The molecule has 2 atom stereocenters. The highest BCUT2D eigenvalue weighted by atomic mass is 127. The Morgan fingerprint density at radius 3 is 2.42 bits per heavy atom. The number of benzene rings is 1. The van der Waals surface area contributed by atoms with E-state index in [1.807, 2.05) is 31.6 Å². The van der Waals surface area contributed by atoms with Crippen LogP contribution in [0.3, 0.4) is 0 Å². The van der Waals surface area contributed by atoms with E-state index in [9.17, 15) is 13.2 Å². The van der Waals surface area contributed by atoms with Gasteiger partial charge in [-0.25, -0.2) is 0 Å². The van der Waals surface area contributed by atoms with E-state index in [1.165, 1.54) is 12.1 Å². The molecule has 1 saturated heterocycles. The molecule has 2 heterocycles. The molecule has 3 rings (SSSR count). The minimum atomic E-state index is -4.31. The van der Waals surface area contributed by atoms with Gasteiger partial charge in [0, 0.05) is 45.1 Å². The van der Waals surface area contributed by atoms with E-state index in [0.29, 0.717) is 6.54 Å². The van der Waals surface area contributed by atoms with Gasteiger partial charge in [0.2, 0.25) is 0 Å². The van der Waals surface area contributed by atoms with Crippen molar-refractivity contribution in [1.82, 2.24) is 20.1 Å². The number of nitrogens with one attached hydrogen (secondary N) is 2. The van der Waals surface area contributed by atoms with Crippen LogP contribution in [-0.2, 0) is 12.7 Å². The molecule has 9 heteroatoms. The number of hydrogen-bond acceptors (Lipinski definition) is 2. The monoisotopic (exact) mass is 549 g/mol. The number of aliphatic imine (C=N–C) groups is 1. The van der Waals surface area contributed by atoms with Gasteiger partial charge in [-0.3, -0.25) is 9.89 Å². The third-order valence-electron chi connectivity index (χ3n) is 5.67. The van der Waals surface area contributed by atoms with Crippen LogP contribution in [-0.4, -0.2) is 49.2 Å². The van der Waals surface area contributed by atoms with Gasteiger partial charge in [-0.15, -0.1) is 24.0 Å². The molecule has 0 amide bonds. The van der Waals surface area contributed by atoms with Crippen molar-refractivity contribution < 1.29 is 13.2 Å². The van der Waals surface area contributed by atoms with Crippen molar-refractivity contribution in [2.75, 3.05) is 33.7 Å². The number of likely N-dealkylation sites (tertiary alicyclic amines) is 1. The second-order valence-corrected chi connectivity index (χ2v) is 7.75. The number of halogens is 4. The van der Waals surface area contributed by atoms with Crippen molar-refractivity contribution >= 4 is 29.9 Å². The minimum absolute atomic E-state index is 0. The van der Waals surface area contributed by atoms with E-state index in [1.54, 1.807) is 19.2 Å². The largest absolute Gasteiger partial charge is 0.416 e. The van der Waals surface area contributed by atoms with Crippen LogP contribution in [0.2, 0.25) is 0 Å². The molecular formula is C22H31F3IN5.